The largest absolute Gasteiger partial charge is 0.397 e. The van der Waals surface area contributed by atoms with Gasteiger partial charge >= 0.3 is 0 Å². The van der Waals surface area contributed by atoms with Crippen LogP contribution in [0.3, 0.4) is 0 Å². The summed E-state index contributed by atoms with van der Waals surface area (Å²) in [6.07, 6.45) is 1.46. The standard InChI is InChI=1S/C12H9ClN2O/c13-9-3-1-8(2-4-9)12(16)11-6-5-10(14)7-15-11/h1-7H,14H2. The van der Waals surface area contributed by atoms with E-state index in [1.54, 1.807) is 36.4 Å². The molecule has 0 saturated heterocycles. The van der Waals surface area contributed by atoms with Crippen molar-refractivity contribution in [2.75, 3.05) is 5.73 Å². The van der Waals surface area contributed by atoms with Crippen LogP contribution in [0.2, 0.25) is 5.02 Å². The third-order valence-electron chi connectivity index (χ3n) is 2.13. The first-order chi connectivity index (χ1) is 7.66. The topological polar surface area (TPSA) is 56.0 Å². The molecule has 0 amide bonds. The normalized spacial score (nSPS) is 10.1. The highest BCUT2D eigenvalue weighted by Crippen LogP contribution is 2.13. The summed E-state index contributed by atoms with van der Waals surface area (Å²) in [5, 5.41) is 0.599. The number of nitrogens with zero attached hydrogens (tertiary/aromatic N) is 1. The predicted octanol–water partition coefficient (Wildman–Crippen LogP) is 2.55. The second-order valence-electron chi connectivity index (χ2n) is 3.31. The van der Waals surface area contributed by atoms with Crippen LogP contribution in [0.4, 0.5) is 5.69 Å². The average Bonchev–Trinajstić information content (AvgIpc) is 2.30. The van der Waals surface area contributed by atoms with E-state index < -0.39 is 0 Å². The fourth-order valence-electron chi connectivity index (χ4n) is 1.29. The lowest BCUT2D eigenvalue weighted by molar-refractivity contribution is 0.103. The third-order valence-corrected chi connectivity index (χ3v) is 2.38. The maximum absolute atomic E-state index is 11.9. The lowest BCUT2D eigenvalue weighted by Crippen LogP contribution is -2.03. The van der Waals surface area contributed by atoms with E-state index in [0.717, 1.165) is 0 Å². The molecule has 80 valence electrons. The molecule has 2 aromatic rings. The minimum absolute atomic E-state index is 0.142. The summed E-state index contributed by atoms with van der Waals surface area (Å²) in [5.41, 5.74) is 6.96. The van der Waals surface area contributed by atoms with Crippen LogP contribution in [-0.4, -0.2) is 10.8 Å². The summed E-state index contributed by atoms with van der Waals surface area (Å²) >= 11 is 5.74. The lowest BCUT2D eigenvalue weighted by atomic mass is 10.1. The molecule has 0 aliphatic rings. The maximum atomic E-state index is 11.9. The number of carbonyl (C=O) groups is 1. The first kappa shape index (κ1) is 10.6. The molecule has 0 atom stereocenters. The molecule has 0 bridgehead atoms. The summed E-state index contributed by atoms with van der Waals surface area (Å²) in [6.45, 7) is 0. The molecular formula is C12H9ClN2O. The van der Waals surface area contributed by atoms with E-state index in [4.69, 9.17) is 17.3 Å². The summed E-state index contributed by atoms with van der Waals surface area (Å²) in [4.78, 5) is 15.9. The number of halogens is 1. The van der Waals surface area contributed by atoms with Gasteiger partial charge in [0, 0.05) is 10.6 Å². The number of nitrogen functional groups attached to an aromatic ring is 1. The van der Waals surface area contributed by atoms with Crippen LogP contribution in [-0.2, 0) is 0 Å². The molecule has 1 aromatic carbocycles. The average molecular weight is 233 g/mol. The number of anilines is 1. The highest BCUT2D eigenvalue weighted by molar-refractivity contribution is 6.30. The molecule has 0 aliphatic carbocycles. The number of pyridine rings is 1. The second-order valence-corrected chi connectivity index (χ2v) is 3.75. The minimum atomic E-state index is -0.142. The van der Waals surface area contributed by atoms with E-state index in [1.807, 2.05) is 0 Å². The van der Waals surface area contributed by atoms with Crippen molar-refractivity contribution >= 4 is 23.1 Å². The van der Waals surface area contributed by atoms with Crippen LogP contribution in [0, 0.1) is 0 Å². The molecule has 0 radical (unpaired) electrons. The molecule has 16 heavy (non-hydrogen) atoms. The number of benzene rings is 1. The van der Waals surface area contributed by atoms with E-state index in [1.165, 1.54) is 6.20 Å². The Hall–Kier alpha value is -1.87. The van der Waals surface area contributed by atoms with Crippen LogP contribution in [0.5, 0.6) is 0 Å². The van der Waals surface area contributed by atoms with Crippen LogP contribution in [0.25, 0.3) is 0 Å². The van der Waals surface area contributed by atoms with E-state index in [2.05, 4.69) is 4.98 Å². The Morgan fingerprint density at radius 2 is 1.81 bits per heavy atom. The summed E-state index contributed by atoms with van der Waals surface area (Å²) in [6, 6.07) is 9.94. The van der Waals surface area contributed by atoms with Crippen LogP contribution >= 0.6 is 11.6 Å². The van der Waals surface area contributed by atoms with Gasteiger partial charge in [0.1, 0.15) is 5.69 Å². The Balaban J connectivity index is 2.32. The molecule has 0 spiro atoms. The van der Waals surface area contributed by atoms with Gasteiger partial charge in [-0.15, -0.1) is 0 Å². The van der Waals surface area contributed by atoms with Crippen LogP contribution < -0.4 is 5.73 Å². The van der Waals surface area contributed by atoms with Crippen molar-refractivity contribution in [2.45, 2.75) is 0 Å². The van der Waals surface area contributed by atoms with Crippen LogP contribution in [0.1, 0.15) is 16.1 Å². The van der Waals surface area contributed by atoms with Crippen molar-refractivity contribution in [3.8, 4) is 0 Å². The van der Waals surface area contributed by atoms with E-state index in [9.17, 15) is 4.79 Å². The van der Waals surface area contributed by atoms with Crippen molar-refractivity contribution in [3.63, 3.8) is 0 Å². The number of ketones is 1. The van der Waals surface area contributed by atoms with Gasteiger partial charge in [0.2, 0.25) is 5.78 Å². The molecule has 0 saturated carbocycles. The molecule has 0 aliphatic heterocycles. The van der Waals surface area contributed by atoms with Gasteiger partial charge in [-0.1, -0.05) is 11.6 Å². The summed E-state index contributed by atoms with van der Waals surface area (Å²) in [5.74, 6) is -0.142. The molecular weight excluding hydrogens is 224 g/mol. The Bertz CT molecular complexity index is 458. The zero-order chi connectivity index (χ0) is 11.5. The van der Waals surface area contributed by atoms with E-state index in [-0.39, 0.29) is 5.78 Å². The first-order valence-electron chi connectivity index (χ1n) is 4.68. The molecule has 4 heteroatoms. The Morgan fingerprint density at radius 3 is 2.38 bits per heavy atom. The maximum Gasteiger partial charge on any atom is 0.211 e. The smallest absolute Gasteiger partial charge is 0.211 e. The molecule has 3 nitrogen and oxygen atoms in total. The number of nitrogens with two attached hydrogens (primary N) is 1. The number of hydrogen-bond donors (Lipinski definition) is 1. The van der Waals surface area contributed by atoms with Crippen molar-refractivity contribution in [3.05, 3.63) is 58.9 Å². The molecule has 2 N–H and O–H groups in total. The third kappa shape index (κ3) is 2.20. The van der Waals surface area contributed by atoms with Crippen molar-refractivity contribution in [1.29, 1.82) is 0 Å². The van der Waals surface area contributed by atoms with Gasteiger partial charge in [-0.3, -0.25) is 9.78 Å². The highest BCUT2D eigenvalue weighted by Gasteiger charge is 2.09. The van der Waals surface area contributed by atoms with Gasteiger partial charge in [0.15, 0.2) is 0 Å². The summed E-state index contributed by atoms with van der Waals surface area (Å²) < 4.78 is 0. The number of aromatic nitrogens is 1. The zero-order valence-electron chi connectivity index (χ0n) is 8.35. The van der Waals surface area contributed by atoms with Gasteiger partial charge in [-0.25, -0.2) is 0 Å². The molecule has 1 aromatic heterocycles. The van der Waals surface area contributed by atoms with Gasteiger partial charge < -0.3 is 5.73 Å². The van der Waals surface area contributed by atoms with Gasteiger partial charge in [0.25, 0.3) is 0 Å². The van der Waals surface area contributed by atoms with E-state index >= 15 is 0 Å². The van der Waals surface area contributed by atoms with Crippen molar-refractivity contribution in [1.82, 2.24) is 4.98 Å². The van der Waals surface area contributed by atoms with Crippen molar-refractivity contribution in [2.24, 2.45) is 0 Å². The SMILES string of the molecule is Nc1ccc(C(=O)c2ccc(Cl)cc2)nc1. The number of carbonyl (C=O) groups excluding carboxylic acids is 1. The van der Waals surface area contributed by atoms with Gasteiger partial charge in [-0.2, -0.15) is 0 Å². The molecule has 1 heterocycles. The highest BCUT2D eigenvalue weighted by atomic mass is 35.5. The van der Waals surface area contributed by atoms with E-state index in [0.29, 0.717) is 22.0 Å². The lowest BCUT2D eigenvalue weighted by Gasteiger charge is -2.00. The zero-order valence-corrected chi connectivity index (χ0v) is 9.11. The molecule has 2 rings (SSSR count). The monoisotopic (exact) mass is 232 g/mol. The second kappa shape index (κ2) is 4.33. The fraction of sp³-hybridized carbons (Fsp3) is 0. The van der Waals surface area contributed by atoms with Crippen LogP contribution in [0.15, 0.2) is 42.6 Å². The predicted molar refractivity (Wildman–Crippen MR) is 63.5 cm³/mol. The Labute approximate surface area is 97.9 Å². The number of rotatable bonds is 2. The van der Waals surface area contributed by atoms with Crippen molar-refractivity contribution < 1.29 is 4.79 Å². The molecule has 0 unspecified atom stereocenters. The quantitative estimate of drug-likeness (QED) is 0.810. The van der Waals surface area contributed by atoms with Gasteiger partial charge in [0.05, 0.1) is 11.9 Å². The Kier molecular flexibility index (Phi) is 2.88. The molecule has 0 fully saturated rings. The van der Waals surface area contributed by atoms with Gasteiger partial charge in [-0.05, 0) is 36.4 Å². The minimum Gasteiger partial charge on any atom is -0.397 e. The fourth-order valence-corrected chi connectivity index (χ4v) is 1.41. The summed E-state index contributed by atoms with van der Waals surface area (Å²) in [7, 11) is 0. The Morgan fingerprint density at radius 1 is 1.12 bits per heavy atom. The number of hydrogen-bond acceptors (Lipinski definition) is 3. The first-order valence-corrected chi connectivity index (χ1v) is 5.06.